The number of fused-ring (bicyclic) bond motifs is 1. The molecule has 1 aliphatic rings. The Balaban J connectivity index is 1.59. The molecule has 3 rings (SSSR count). The second kappa shape index (κ2) is 7.34. The number of carbonyl (C=O) groups is 1. The Kier molecular flexibility index (Phi) is 4.99. The van der Waals surface area contributed by atoms with Crippen LogP contribution in [0.4, 0.5) is 16.3 Å². The van der Waals surface area contributed by atoms with Crippen molar-refractivity contribution in [2.45, 2.75) is 26.8 Å². The molecule has 2 amide bonds. The molecule has 2 aromatic rings. The number of hydrogen-bond acceptors (Lipinski definition) is 3. The Morgan fingerprint density at radius 3 is 2.71 bits per heavy atom. The van der Waals surface area contributed by atoms with Gasteiger partial charge in [0.15, 0.2) is 0 Å². The van der Waals surface area contributed by atoms with Gasteiger partial charge in [0.1, 0.15) is 5.82 Å². The highest BCUT2D eigenvalue weighted by molar-refractivity contribution is 5.94. The van der Waals surface area contributed by atoms with Gasteiger partial charge in [0.25, 0.3) is 0 Å². The van der Waals surface area contributed by atoms with E-state index >= 15 is 0 Å². The average molecular weight is 324 g/mol. The van der Waals surface area contributed by atoms with E-state index in [9.17, 15) is 4.79 Å². The Morgan fingerprint density at radius 1 is 1.21 bits per heavy atom. The number of hydrogen-bond donors (Lipinski definition) is 1. The molecule has 0 bridgehead atoms. The number of rotatable bonds is 5. The fraction of sp³-hybridized carbons (Fsp3) is 0.368. The molecular weight excluding hydrogens is 300 g/mol. The van der Waals surface area contributed by atoms with Gasteiger partial charge < -0.3 is 10.2 Å². The molecule has 0 saturated heterocycles. The van der Waals surface area contributed by atoms with Crippen LogP contribution in [0.3, 0.4) is 0 Å². The normalized spacial score (nSPS) is 12.8. The summed E-state index contributed by atoms with van der Waals surface area (Å²) in [5.74, 6) is 0.976. The summed E-state index contributed by atoms with van der Waals surface area (Å²) in [6.07, 6.45) is 2.76. The third-order valence-electron chi connectivity index (χ3n) is 4.47. The molecule has 0 atom stereocenters. The number of pyridine rings is 1. The lowest BCUT2D eigenvalue weighted by Gasteiger charge is -2.20. The van der Waals surface area contributed by atoms with Crippen molar-refractivity contribution < 1.29 is 4.79 Å². The SMILES string of the molecule is CCN(CC)c1ccc(CNC(=O)N2CCc3ccccc32)cn1. The van der Waals surface area contributed by atoms with Crippen LogP contribution in [0.1, 0.15) is 25.0 Å². The molecule has 0 radical (unpaired) electrons. The first-order chi connectivity index (χ1) is 11.7. The standard InChI is InChI=1S/C19H24N4O/c1-3-22(4-2)18-10-9-15(13-20-18)14-21-19(24)23-12-11-16-7-5-6-8-17(16)23/h5-10,13H,3-4,11-12,14H2,1-2H3,(H,21,24). The van der Waals surface area contributed by atoms with Gasteiger partial charge >= 0.3 is 6.03 Å². The van der Waals surface area contributed by atoms with E-state index in [0.717, 1.165) is 43.1 Å². The lowest BCUT2D eigenvalue weighted by atomic mass is 10.2. The van der Waals surface area contributed by atoms with Crippen LogP contribution in [0.25, 0.3) is 0 Å². The first-order valence-corrected chi connectivity index (χ1v) is 8.56. The van der Waals surface area contributed by atoms with Crippen LogP contribution in [0.15, 0.2) is 42.6 Å². The number of urea groups is 1. The monoisotopic (exact) mass is 324 g/mol. The van der Waals surface area contributed by atoms with Crippen LogP contribution in [0.2, 0.25) is 0 Å². The van der Waals surface area contributed by atoms with E-state index in [1.54, 1.807) is 0 Å². The van der Waals surface area contributed by atoms with Crippen molar-refractivity contribution in [3.8, 4) is 0 Å². The maximum Gasteiger partial charge on any atom is 0.322 e. The minimum atomic E-state index is -0.0484. The molecule has 1 N–H and O–H groups in total. The van der Waals surface area contributed by atoms with Crippen molar-refractivity contribution in [2.75, 3.05) is 29.4 Å². The van der Waals surface area contributed by atoms with Crippen LogP contribution < -0.4 is 15.1 Å². The van der Waals surface area contributed by atoms with E-state index in [4.69, 9.17) is 0 Å². The fourth-order valence-corrected chi connectivity index (χ4v) is 3.08. The summed E-state index contributed by atoms with van der Waals surface area (Å²) in [7, 11) is 0. The zero-order valence-electron chi connectivity index (χ0n) is 14.3. The lowest BCUT2D eigenvalue weighted by Crippen LogP contribution is -2.38. The number of aromatic nitrogens is 1. The van der Waals surface area contributed by atoms with E-state index in [-0.39, 0.29) is 6.03 Å². The highest BCUT2D eigenvalue weighted by Gasteiger charge is 2.23. The molecule has 126 valence electrons. The molecular formula is C19H24N4O. The van der Waals surface area contributed by atoms with E-state index in [0.29, 0.717) is 6.54 Å². The number of carbonyl (C=O) groups excluding carboxylic acids is 1. The molecule has 1 aliphatic heterocycles. The van der Waals surface area contributed by atoms with Crippen molar-refractivity contribution in [1.82, 2.24) is 10.3 Å². The van der Waals surface area contributed by atoms with Crippen molar-refractivity contribution in [3.63, 3.8) is 0 Å². The van der Waals surface area contributed by atoms with Crippen LogP contribution in [0, 0.1) is 0 Å². The molecule has 2 heterocycles. The van der Waals surface area contributed by atoms with Gasteiger partial charge in [0, 0.05) is 38.1 Å². The van der Waals surface area contributed by atoms with Crippen molar-refractivity contribution >= 4 is 17.5 Å². The highest BCUT2D eigenvalue weighted by Crippen LogP contribution is 2.27. The molecule has 5 heteroatoms. The van der Waals surface area contributed by atoms with Crippen LogP contribution >= 0.6 is 0 Å². The van der Waals surface area contributed by atoms with Gasteiger partial charge in [-0.05, 0) is 43.5 Å². The number of benzene rings is 1. The van der Waals surface area contributed by atoms with Gasteiger partial charge in [-0.1, -0.05) is 24.3 Å². The van der Waals surface area contributed by atoms with E-state index in [1.807, 2.05) is 41.4 Å². The van der Waals surface area contributed by atoms with Gasteiger partial charge in [-0.25, -0.2) is 9.78 Å². The molecule has 0 aliphatic carbocycles. The number of para-hydroxylation sites is 1. The Hall–Kier alpha value is -2.56. The van der Waals surface area contributed by atoms with Crippen molar-refractivity contribution in [3.05, 3.63) is 53.7 Å². The zero-order chi connectivity index (χ0) is 16.9. The van der Waals surface area contributed by atoms with Gasteiger partial charge in [-0.3, -0.25) is 4.90 Å². The van der Waals surface area contributed by atoms with Gasteiger partial charge in [-0.15, -0.1) is 0 Å². The molecule has 24 heavy (non-hydrogen) atoms. The minimum absolute atomic E-state index is 0.0484. The van der Waals surface area contributed by atoms with Gasteiger partial charge in [-0.2, -0.15) is 0 Å². The van der Waals surface area contributed by atoms with Crippen molar-refractivity contribution in [1.29, 1.82) is 0 Å². The summed E-state index contributed by atoms with van der Waals surface area (Å²) in [6, 6.07) is 12.1. The lowest BCUT2D eigenvalue weighted by molar-refractivity contribution is 0.246. The largest absolute Gasteiger partial charge is 0.357 e. The Labute approximate surface area is 143 Å². The molecule has 0 spiro atoms. The van der Waals surface area contributed by atoms with Crippen molar-refractivity contribution in [2.24, 2.45) is 0 Å². The summed E-state index contributed by atoms with van der Waals surface area (Å²) in [5, 5.41) is 2.99. The zero-order valence-corrected chi connectivity index (χ0v) is 14.3. The van der Waals surface area contributed by atoms with E-state index in [1.165, 1.54) is 5.56 Å². The van der Waals surface area contributed by atoms with Crippen LogP contribution in [0.5, 0.6) is 0 Å². The molecule has 1 aromatic heterocycles. The predicted octanol–water partition coefficient (Wildman–Crippen LogP) is 3.20. The third kappa shape index (κ3) is 3.35. The topological polar surface area (TPSA) is 48.5 Å². The van der Waals surface area contributed by atoms with Crippen LogP contribution in [-0.4, -0.2) is 30.6 Å². The summed E-state index contributed by atoms with van der Waals surface area (Å²) in [6.45, 7) is 7.34. The van der Waals surface area contributed by atoms with Gasteiger partial charge in [0.05, 0.1) is 0 Å². The highest BCUT2D eigenvalue weighted by atomic mass is 16.2. The molecule has 0 saturated carbocycles. The first-order valence-electron chi connectivity index (χ1n) is 8.56. The third-order valence-corrected chi connectivity index (χ3v) is 4.47. The smallest absolute Gasteiger partial charge is 0.322 e. The average Bonchev–Trinajstić information content (AvgIpc) is 3.06. The van der Waals surface area contributed by atoms with Crippen LogP contribution in [-0.2, 0) is 13.0 Å². The molecule has 1 aromatic carbocycles. The van der Waals surface area contributed by atoms with E-state index < -0.39 is 0 Å². The second-order valence-electron chi connectivity index (χ2n) is 5.89. The molecule has 0 unspecified atom stereocenters. The summed E-state index contributed by atoms with van der Waals surface area (Å²) < 4.78 is 0. The maximum absolute atomic E-state index is 12.4. The number of anilines is 2. The second-order valence-corrected chi connectivity index (χ2v) is 5.89. The molecule has 5 nitrogen and oxygen atoms in total. The first kappa shape index (κ1) is 16.3. The molecule has 0 fully saturated rings. The number of nitrogens with zero attached hydrogens (tertiary/aromatic N) is 3. The predicted molar refractivity (Wildman–Crippen MR) is 97.5 cm³/mol. The van der Waals surface area contributed by atoms with E-state index in [2.05, 4.69) is 35.1 Å². The summed E-state index contributed by atoms with van der Waals surface area (Å²) >= 11 is 0. The Morgan fingerprint density at radius 2 is 2.00 bits per heavy atom. The van der Waals surface area contributed by atoms with Gasteiger partial charge in [0.2, 0.25) is 0 Å². The fourth-order valence-electron chi connectivity index (χ4n) is 3.08. The number of amides is 2. The number of nitrogens with one attached hydrogen (secondary N) is 1. The summed E-state index contributed by atoms with van der Waals surface area (Å²) in [5.41, 5.74) is 3.26. The minimum Gasteiger partial charge on any atom is -0.357 e. The maximum atomic E-state index is 12.4. The summed E-state index contributed by atoms with van der Waals surface area (Å²) in [4.78, 5) is 20.9. The quantitative estimate of drug-likeness (QED) is 0.919. The Bertz CT molecular complexity index is 695.